The molecule has 0 bridgehead atoms. The lowest BCUT2D eigenvalue weighted by Crippen LogP contribution is -2.16. The van der Waals surface area contributed by atoms with Crippen molar-refractivity contribution in [2.45, 2.75) is 26.4 Å². The van der Waals surface area contributed by atoms with Crippen molar-refractivity contribution in [1.29, 1.82) is 0 Å². The van der Waals surface area contributed by atoms with E-state index in [1.165, 1.54) is 19.4 Å². The summed E-state index contributed by atoms with van der Waals surface area (Å²) in [7, 11) is 2.14. The third-order valence-electron chi connectivity index (χ3n) is 2.39. The zero-order chi connectivity index (χ0) is 12.3. The van der Waals surface area contributed by atoms with Crippen molar-refractivity contribution < 1.29 is 0 Å². The van der Waals surface area contributed by atoms with Crippen molar-refractivity contribution >= 4 is 38.6 Å². The van der Waals surface area contributed by atoms with Gasteiger partial charge < -0.3 is 0 Å². The number of rotatable bonds is 5. The molecule has 2 aromatic heterocycles. The predicted octanol–water partition coefficient (Wildman–Crippen LogP) is 4.16. The smallest absolute Gasteiger partial charge is 0.0926 e. The summed E-state index contributed by atoms with van der Waals surface area (Å²) in [6, 6.07) is 4.27. The van der Waals surface area contributed by atoms with E-state index in [0.717, 1.165) is 19.5 Å². The van der Waals surface area contributed by atoms with Crippen LogP contribution in [0.15, 0.2) is 21.3 Å². The summed E-state index contributed by atoms with van der Waals surface area (Å²) in [5.74, 6) is 0. The summed E-state index contributed by atoms with van der Waals surface area (Å²) < 4.78 is 1.20. The van der Waals surface area contributed by atoms with Gasteiger partial charge >= 0.3 is 0 Å². The molecule has 5 heteroatoms. The van der Waals surface area contributed by atoms with Gasteiger partial charge in [0.15, 0.2) is 0 Å². The number of thiophene rings is 1. The van der Waals surface area contributed by atoms with Crippen LogP contribution < -0.4 is 0 Å². The maximum Gasteiger partial charge on any atom is 0.0926 e. The molecule has 0 atom stereocenters. The van der Waals surface area contributed by atoms with E-state index >= 15 is 0 Å². The molecule has 2 aromatic rings. The average Bonchev–Trinajstić information content (AvgIpc) is 2.88. The molecule has 2 rings (SSSR count). The normalized spacial score (nSPS) is 11.3. The monoisotopic (exact) mass is 330 g/mol. The number of hydrogen-bond donors (Lipinski definition) is 0. The number of halogens is 1. The number of hydrogen-bond acceptors (Lipinski definition) is 4. The molecule has 2 nitrogen and oxygen atoms in total. The van der Waals surface area contributed by atoms with E-state index in [-0.39, 0.29) is 0 Å². The van der Waals surface area contributed by atoms with Gasteiger partial charge in [0.25, 0.3) is 0 Å². The highest BCUT2D eigenvalue weighted by molar-refractivity contribution is 9.11. The second-order valence-corrected chi connectivity index (χ2v) is 7.45. The third kappa shape index (κ3) is 3.88. The zero-order valence-electron chi connectivity index (χ0n) is 9.94. The van der Waals surface area contributed by atoms with Gasteiger partial charge in [-0.1, -0.05) is 6.92 Å². The van der Waals surface area contributed by atoms with Gasteiger partial charge in [0.05, 0.1) is 14.5 Å². The Hall–Kier alpha value is -0.230. The first-order valence-electron chi connectivity index (χ1n) is 5.53. The van der Waals surface area contributed by atoms with E-state index in [0.29, 0.717) is 0 Å². The molecule has 2 heterocycles. The quantitative estimate of drug-likeness (QED) is 0.818. The summed E-state index contributed by atoms with van der Waals surface area (Å²) in [5.41, 5.74) is 1.19. The van der Waals surface area contributed by atoms with Crippen LogP contribution in [0.4, 0.5) is 0 Å². The SMILES string of the molecule is CCc1nc(CN(C)Cc2ccc(Br)s2)cs1. The van der Waals surface area contributed by atoms with E-state index in [1.54, 1.807) is 22.7 Å². The van der Waals surface area contributed by atoms with E-state index < -0.39 is 0 Å². The van der Waals surface area contributed by atoms with Gasteiger partial charge in [-0.3, -0.25) is 4.90 Å². The van der Waals surface area contributed by atoms with E-state index in [4.69, 9.17) is 0 Å². The van der Waals surface area contributed by atoms with Gasteiger partial charge in [-0.2, -0.15) is 0 Å². The first-order chi connectivity index (χ1) is 8.17. The van der Waals surface area contributed by atoms with Crippen LogP contribution >= 0.6 is 38.6 Å². The number of aromatic nitrogens is 1. The fourth-order valence-electron chi connectivity index (χ4n) is 1.62. The first kappa shape index (κ1) is 13.2. The second kappa shape index (κ2) is 6.09. The minimum absolute atomic E-state index is 0.923. The molecule has 0 amide bonds. The molecule has 0 radical (unpaired) electrons. The second-order valence-electron chi connectivity index (χ2n) is 3.96. The lowest BCUT2D eigenvalue weighted by atomic mass is 10.4. The van der Waals surface area contributed by atoms with Crippen LogP contribution in [0.5, 0.6) is 0 Å². The highest BCUT2D eigenvalue weighted by Gasteiger charge is 2.06. The van der Waals surface area contributed by atoms with Crippen LogP contribution in [0.25, 0.3) is 0 Å². The number of thiazole rings is 1. The van der Waals surface area contributed by atoms with Crippen molar-refractivity contribution in [3.8, 4) is 0 Å². The Labute approximate surface area is 118 Å². The van der Waals surface area contributed by atoms with E-state index in [2.05, 4.69) is 57.3 Å². The summed E-state index contributed by atoms with van der Waals surface area (Å²) in [5, 5.41) is 3.40. The maximum atomic E-state index is 4.59. The van der Waals surface area contributed by atoms with Crippen LogP contribution in [0.3, 0.4) is 0 Å². The van der Waals surface area contributed by atoms with Gasteiger partial charge in [-0.25, -0.2) is 4.98 Å². The van der Waals surface area contributed by atoms with Crippen LogP contribution in [0.1, 0.15) is 22.5 Å². The molecule has 0 saturated carbocycles. The molecule has 92 valence electrons. The highest BCUT2D eigenvalue weighted by atomic mass is 79.9. The Morgan fingerprint density at radius 1 is 1.35 bits per heavy atom. The minimum atomic E-state index is 0.923. The molecule has 0 aliphatic rings. The molecule has 0 unspecified atom stereocenters. The van der Waals surface area contributed by atoms with Crippen LogP contribution in [0, 0.1) is 0 Å². The molecular weight excluding hydrogens is 316 g/mol. The molecule has 0 spiro atoms. The first-order valence-corrected chi connectivity index (χ1v) is 8.02. The van der Waals surface area contributed by atoms with Gasteiger partial charge in [0.2, 0.25) is 0 Å². The van der Waals surface area contributed by atoms with Crippen molar-refractivity contribution in [3.05, 3.63) is 36.9 Å². The highest BCUT2D eigenvalue weighted by Crippen LogP contribution is 2.23. The number of nitrogens with zero attached hydrogens (tertiary/aromatic N) is 2. The lowest BCUT2D eigenvalue weighted by Gasteiger charge is -2.13. The number of aryl methyl sites for hydroxylation is 1. The van der Waals surface area contributed by atoms with Crippen LogP contribution in [-0.2, 0) is 19.5 Å². The van der Waals surface area contributed by atoms with E-state index in [1.807, 2.05) is 0 Å². The summed E-state index contributed by atoms with van der Waals surface area (Å²) in [6.45, 7) is 4.05. The van der Waals surface area contributed by atoms with Crippen molar-refractivity contribution in [2.75, 3.05) is 7.05 Å². The lowest BCUT2D eigenvalue weighted by molar-refractivity contribution is 0.318. The molecular formula is C12H15BrN2S2. The van der Waals surface area contributed by atoms with Crippen LogP contribution in [-0.4, -0.2) is 16.9 Å². The molecule has 0 fully saturated rings. The Bertz CT molecular complexity index is 478. The Morgan fingerprint density at radius 3 is 2.76 bits per heavy atom. The Balaban J connectivity index is 1.90. The minimum Gasteiger partial charge on any atom is -0.295 e. The summed E-state index contributed by atoms with van der Waals surface area (Å²) in [6.07, 6.45) is 1.03. The molecule has 0 saturated heterocycles. The fourth-order valence-corrected chi connectivity index (χ4v) is 3.92. The standard InChI is InChI=1S/C12H15BrN2S2/c1-3-12-14-9(8-16-12)6-15(2)7-10-4-5-11(13)17-10/h4-5,8H,3,6-7H2,1-2H3. The Kier molecular flexibility index (Phi) is 4.73. The average molecular weight is 331 g/mol. The summed E-state index contributed by atoms with van der Waals surface area (Å²) in [4.78, 5) is 8.26. The maximum absolute atomic E-state index is 4.59. The van der Waals surface area contributed by atoms with Crippen molar-refractivity contribution in [2.24, 2.45) is 0 Å². The molecule has 0 aromatic carbocycles. The third-order valence-corrected chi connectivity index (χ3v) is 5.04. The van der Waals surface area contributed by atoms with Crippen molar-refractivity contribution in [3.63, 3.8) is 0 Å². The molecule has 17 heavy (non-hydrogen) atoms. The van der Waals surface area contributed by atoms with Crippen LogP contribution in [0.2, 0.25) is 0 Å². The van der Waals surface area contributed by atoms with E-state index in [9.17, 15) is 0 Å². The van der Waals surface area contributed by atoms with Gasteiger partial charge in [0.1, 0.15) is 0 Å². The van der Waals surface area contributed by atoms with Gasteiger partial charge in [-0.05, 0) is 41.5 Å². The molecule has 0 aliphatic heterocycles. The summed E-state index contributed by atoms with van der Waals surface area (Å²) >= 11 is 7.04. The molecule has 0 N–H and O–H groups in total. The topological polar surface area (TPSA) is 16.1 Å². The van der Waals surface area contributed by atoms with Gasteiger partial charge in [-0.15, -0.1) is 22.7 Å². The molecule has 0 aliphatic carbocycles. The largest absolute Gasteiger partial charge is 0.295 e. The predicted molar refractivity (Wildman–Crippen MR) is 78.7 cm³/mol. The Morgan fingerprint density at radius 2 is 2.18 bits per heavy atom. The fraction of sp³-hybridized carbons (Fsp3) is 0.417. The van der Waals surface area contributed by atoms with Gasteiger partial charge in [0, 0.05) is 23.3 Å². The van der Waals surface area contributed by atoms with Crippen molar-refractivity contribution in [1.82, 2.24) is 9.88 Å². The zero-order valence-corrected chi connectivity index (χ0v) is 13.2.